The minimum atomic E-state index is 0.117. The molecule has 1 saturated carbocycles. The van der Waals surface area contributed by atoms with Crippen molar-refractivity contribution >= 4 is 0 Å². The molecule has 0 heterocycles. The van der Waals surface area contributed by atoms with Gasteiger partial charge in [0.1, 0.15) is 0 Å². The standard InChI is InChI=1S/C14H29N/c1-3-13-9-5-4-7-11-14(2,15)12-8-6-10-13/h13H,3-12,15H2,1-2H3. The van der Waals surface area contributed by atoms with Crippen LogP contribution in [0, 0.1) is 5.92 Å². The summed E-state index contributed by atoms with van der Waals surface area (Å²) in [6, 6.07) is 0. The van der Waals surface area contributed by atoms with Gasteiger partial charge in [-0.15, -0.1) is 0 Å². The van der Waals surface area contributed by atoms with Crippen LogP contribution < -0.4 is 5.73 Å². The fourth-order valence-corrected chi connectivity index (χ4v) is 2.78. The van der Waals surface area contributed by atoms with Crippen molar-refractivity contribution in [1.29, 1.82) is 0 Å². The van der Waals surface area contributed by atoms with Crippen molar-refractivity contribution in [2.75, 3.05) is 0 Å². The maximum absolute atomic E-state index is 6.29. The summed E-state index contributed by atoms with van der Waals surface area (Å²) >= 11 is 0. The molecular formula is C14H29N. The van der Waals surface area contributed by atoms with E-state index < -0.39 is 0 Å². The van der Waals surface area contributed by atoms with Crippen LogP contribution >= 0.6 is 0 Å². The molecule has 1 aliphatic carbocycles. The summed E-state index contributed by atoms with van der Waals surface area (Å²) in [6.07, 6.45) is 13.6. The molecule has 0 spiro atoms. The topological polar surface area (TPSA) is 26.0 Å². The Labute approximate surface area is 95.8 Å². The second kappa shape index (κ2) is 6.52. The molecule has 1 fully saturated rings. The first-order valence-electron chi connectivity index (χ1n) is 6.93. The zero-order valence-corrected chi connectivity index (χ0v) is 10.7. The molecule has 0 radical (unpaired) electrons. The SMILES string of the molecule is CCC1CCCCCC(C)(N)CCCC1. The van der Waals surface area contributed by atoms with Gasteiger partial charge in [0.05, 0.1) is 0 Å². The summed E-state index contributed by atoms with van der Waals surface area (Å²) in [6.45, 7) is 4.58. The average Bonchev–Trinajstić information content (AvgIpc) is 2.23. The van der Waals surface area contributed by atoms with Gasteiger partial charge in [-0.25, -0.2) is 0 Å². The summed E-state index contributed by atoms with van der Waals surface area (Å²) in [5.74, 6) is 0.993. The fourth-order valence-electron chi connectivity index (χ4n) is 2.78. The van der Waals surface area contributed by atoms with E-state index in [4.69, 9.17) is 5.73 Å². The van der Waals surface area contributed by atoms with Crippen LogP contribution in [-0.2, 0) is 0 Å². The van der Waals surface area contributed by atoms with Crippen molar-refractivity contribution in [2.45, 2.75) is 83.6 Å². The Morgan fingerprint density at radius 3 is 2.13 bits per heavy atom. The molecule has 15 heavy (non-hydrogen) atoms. The molecule has 0 bridgehead atoms. The highest BCUT2D eigenvalue weighted by molar-refractivity contribution is 4.79. The fraction of sp³-hybridized carbons (Fsp3) is 1.00. The Morgan fingerprint density at radius 1 is 1.00 bits per heavy atom. The van der Waals surface area contributed by atoms with Gasteiger partial charge in [-0.3, -0.25) is 0 Å². The lowest BCUT2D eigenvalue weighted by molar-refractivity contribution is 0.368. The van der Waals surface area contributed by atoms with Gasteiger partial charge in [-0.05, 0) is 25.7 Å². The van der Waals surface area contributed by atoms with Crippen LogP contribution in [0.1, 0.15) is 78.1 Å². The zero-order valence-electron chi connectivity index (χ0n) is 10.7. The lowest BCUT2D eigenvalue weighted by atomic mass is 9.90. The number of hydrogen-bond donors (Lipinski definition) is 1. The summed E-state index contributed by atoms with van der Waals surface area (Å²) in [5.41, 5.74) is 6.40. The van der Waals surface area contributed by atoms with Crippen LogP contribution in [-0.4, -0.2) is 5.54 Å². The predicted molar refractivity (Wildman–Crippen MR) is 67.9 cm³/mol. The number of rotatable bonds is 1. The van der Waals surface area contributed by atoms with Crippen LogP contribution in [0.15, 0.2) is 0 Å². The molecule has 90 valence electrons. The summed E-state index contributed by atoms with van der Waals surface area (Å²) < 4.78 is 0. The molecule has 0 aliphatic heterocycles. The third-order valence-corrected chi connectivity index (χ3v) is 4.05. The van der Waals surface area contributed by atoms with E-state index in [1.807, 2.05) is 0 Å². The van der Waals surface area contributed by atoms with Gasteiger partial charge in [0.2, 0.25) is 0 Å². The molecule has 0 amide bonds. The molecule has 1 nitrogen and oxygen atoms in total. The lowest BCUT2D eigenvalue weighted by Crippen LogP contribution is -2.35. The van der Waals surface area contributed by atoms with E-state index in [0.717, 1.165) is 5.92 Å². The maximum Gasteiger partial charge on any atom is 0.0125 e. The maximum atomic E-state index is 6.29. The van der Waals surface area contributed by atoms with E-state index >= 15 is 0 Å². The molecule has 1 rings (SSSR count). The highest BCUT2D eigenvalue weighted by Gasteiger charge is 2.18. The van der Waals surface area contributed by atoms with Crippen LogP contribution in [0.5, 0.6) is 0 Å². The Kier molecular flexibility index (Phi) is 5.66. The third kappa shape index (κ3) is 5.55. The summed E-state index contributed by atoms with van der Waals surface area (Å²) in [5, 5.41) is 0. The predicted octanol–water partition coefficient (Wildman–Crippen LogP) is 4.25. The second-order valence-electron chi connectivity index (χ2n) is 5.77. The van der Waals surface area contributed by atoms with Crippen molar-refractivity contribution in [2.24, 2.45) is 11.7 Å². The smallest absolute Gasteiger partial charge is 0.0125 e. The van der Waals surface area contributed by atoms with Crippen molar-refractivity contribution in [3.63, 3.8) is 0 Å². The van der Waals surface area contributed by atoms with Gasteiger partial charge in [0, 0.05) is 5.54 Å². The van der Waals surface area contributed by atoms with Crippen LogP contribution in [0.25, 0.3) is 0 Å². The molecule has 0 aromatic carbocycles. The average molecular weight is 211 g/mol. The molecule has 0 aromatic rings. The van der Waals surface area contributed by atoms with Crippen LogP contribution in [0.4, 0.5) is 0 Å². The molecule has 1 aliphatic rings. The monoisotopic (exact) mass is 211 g/mol. The molecular weight excluding hydrogens is 182 g/mol. The molecule has 2 unspecified atom stereocenters. The number of hydrogen-bond acceptors (Lipinski definition) is 1. The van der Waals surface area contributed by atoms with E-state index in [2.05, 4.69) is 13.8 Å². The molecule has 0 aromatic heterocycles. The van der Waals surface area contributed by atoms with E-state index in [-0.39, 0.29) is 5.54 Å². The van der Waals surface area contributed by atoms with E-state index in [1.165, 1.54) is 64.2 Å². The van der Waals surface area contributed by atoms with Crippen molar-refractivity contribution in [3.05, 3.63) is 0 Å². The highest BCUT2D eigenvalue weighted by atomic mass is 14.7. The molecule has 2 N–H and O–H groups in total. The van der Waals surface area contributed by atoms with Crippen molar-refractivity contribution < 1.29 is 0 Å². The molecule has 1 heteroatoms. The largest absolute Gasteiger partial charge is 0.325 e. The normalized spacial score (nSPS) is 35.8. The van der Waals surface area contributed by atoms with E-state index in [1.54, 1.807) is 0 Å². The van der Waals surface area contributed by atoms with Crippen molar-refractivity contribution in [3.8, 4) is 0 Å². The second-order valence-corrected chi connectivity index (χ2v) is 5.77. The number of nitrogens with two attached hydrogens (primary N) is 1. The molecule has 2 atom stereocenters. The van der Waals surface area contributed by atoms with Crippen LogP contribution in [0.3, 0.4) is 0 Å². The van der Waals surface area contributed by atoms with Crippen LogP contribution in [0.2, 0.25) is 0 Å². The highest BCUT2D eigenvalue weighted by Crippen LogP contribution is 2.26. The van der Waals surface area contributed by atoms with Gasteiger partial charge in [0.25, 0.3) is 0 Å². The van der Waals surface area contributed by atoms with E-state index in [0.29, 0.717) is 0 Å². The minimum absolute atomic E-state index is 0.117. The first kappa shape index (κ1) is 13.0. The third-order valence-electron chi connectivity index (χ3n) is 4.05. The molecule has 0 saturated heterocycles. The Bertz CT molecular complexity index is 163. The zero-order chi connectivity index (χ0) is 11.1. The van der Waals surface area contributed by atoms with Gasteiger partial charge < -0.3 is 5.73 Å². The quantitative estimate of drug-likeness (QED) is 0.689. The Morgan fingerprint density at radius 2 is 1.53 bits per heavy atom. The minimum Gasteiger partial charge on any atom is -0.325 e. The first-order chi connectivity index (χ1) is 7.14. The van der Waals surface area contributed by atoms with Gasteiger partial charge >= 0.3 is 0 Å². The summed E-state index contributed by atoms with van der Waals surface area (Å²) in [7, 11) is 0. The summed E-state index contributed by atoms with van der Waals surface area (Å²) in [4.78, 5) is 0. The van der Waals surface area contributed by atoms with Gasteiger partial charge in [-0.1, -0.05) is 58.3 Å². The van der Waals surface area contributed by atoms with Crippen molar-refractivity contribution in [1.82, 2.24) is 0 Å². The van der Waals surface area contributed by atoms with Gasteiger partial charge in [-0.2, -0.15) is 0 Å². The Balaban J connectivity index is 2.36. The van der Waals surface area contributed by atoms with Gasteiger partial charge in [0.15, 0.2) is 0 Å². The Hall–Kier alpha value is -0.0400. The van der Waals surface area contributed by atoms with E-state index in [9.17, 15) is 0 Å². The first-order valence-corrected chi connectivity index (χ1v) is 6.93. The lowest BCUT2D eigenvalue weighted by Gasteiger charge is -2.24.